The van der Waals surface area contributed by atoms with E-state index in [1.165, 1.54) is 149 Å². The second-order valence-electron chi connectivity index (χ2n) is 35.1. The van der Waals surface area contributed by atoms with E-state index in [2.05, 4.69) is 94.6 Å². The Morgan fingerprint density at radius 2 is 0.877 bits per heavy atom. The summed E-state index contributed by atoms with van der Waals surface area (Å²) < 4.78 is 238. The number of methoxy groups -OCH3 is 5. The Morgan fingerprint density at radius 1 is 0.548 bits per heavy atom. The van der Waals surface area contributed by atoms with Crippen LogP contribution in [0.1, 0.15) is 201 Å². The molecule has 1 fully saturated rings. The molecule has 1 saturated heterocycles. The van der Waals surface area contributed by atoms with Crippen molar-refractivity contribution in [3.8, 4) is 23.0 Å². The average Bonchev–Trinajstić information content (AvgIpc) is 1.61. The number of benzene rings is 8. The molecule has 1 unspecified atom stereocenters. The van der Waals surface area contributed by atoms with Gasteiger partial charge >= 0.3 is 65.2 Å². The summed E-state index contributed by atoms with van der Waals surface area (Å²) in [6, 6.07) is 35.8. The molecule has 10 rings (SSSR count). The zero-order valence-electron chi connectivity index (χ0n) is 83.3. The number of sulfonamides is 3. The Hall–Kier alpha value is -8.40. The number of ether oxygens (including phenoxy) is 7. The number of carbonyl (C=O) groups excluding carboxylic acids is 7. The molecule has 0 saturated carbocycles. The summed E-state index contributed by atoms with van der Waals surface area (Å²) in [6.07, 6.45) is -0.328. The molecule has 1 aromatic heterocycles. The van der Waals surface area contributed by atoms with Crippen molar-refractivity contribution in [2.45, 2.75) is 159 Å². The van der Waals surface area contributed by atoms with E-state index in [0.29, 0.717) is 66.7 Å². The van der Waals surface area contributed by atoms with E-state index in [1.54, 1.807) is 66.9 Å². The number of nitrogens with two attached hydrogens (primary N) is 2. The second-order valence-corrected chi connectivity index (χ2v) is 48.7. The van der Waals surface area contributed by atoms with Gasteiger partial charge in [0, 0.05) is 127 Å². The maximum Gasteiger partial charge on any atom is 1.00 e. The van der Waals surface area contributed by atoms with Gasteiger partial charge in [0.05, 0.1) is 70.4 Å². The van der Waals surface area contributed by atoms with Gasteiger partial charge in [0.15, 0.2) is 69.4 Å². The summed E-state index contributed by atoms with van der Waals surface area (Å²) in [5.74, 6) is -1.20. The summed E-state index contributed by atoms with van der Waals surface area (Å²) in [5, 5.41) is 5.71. The SMILES string of the molecule is COC(=O)CCS(=O)[O-].COc1cc(C(=O)c2ccc(CBr)cc2Br)ccc1F.COc1cc(C(=O)c2ccc(CS(=O)(=O)N(C)C(=O)OC(C)(C)C)cc2Br)ccc1F.COc1cc(C(=O)c2ccc(CS(=O)(=O)NC(=O)OC(C)(C)C)cc2Br)ccc1F.COc1cc(C(=O)c2ccc(CS(N)(=O)=O)cc2Br)ccc1F.C[C@H](C[S@@](=O)C(C)(C)C)c1cc(=O)n(C)cc1B1OC(C)(C)C(C)(C)O1.NOS(=O)(=O)O.[Na+]. The summed E-state index contributed by atoms with van der Waals surface area (Å²) in [4.78, 5) is 96.7. The van der Waals surface area contributed by atoms with Crippen molar-refractivity contribution in [3.05, 3.63) is 282 Å². The van der Waals surface area contributed by atoms with Crippen LogP contribution in [-0.2, 0) is 125 Å². The number of aryl methyl sites for hydroxylation is 1. The van der Waals surface area contributed by atoms with E-state index < -0.39 is 156 Å². The normalized spacial score (nSPS) is 13.2. The third-order valence-corrected chi connectivity index (χ3v) is 29.8. The molecule has 6 N–H and O–H groups in total. The monoisotopic (exact) mass is 2490 g/mol. The van der Waals surface area contributed by atoms with Crippen LogP contribution in [0, 0.1) is 23.3 Å². The third-order valence-electron chi connectivity index (χ3n) is 19.9. The van der Waals surface area contributed by atoms with Crippen LogP contribution in [0.25, 0.3) is 0 Å². The number of alkyl halides is 1. The Labute approximate surface area is 915 Å². The number of pyridine rings is 1. The number of nitrogens with one attached hydrogen (secondary N) is 1. The number of primary sulfonamides is 1. The molecule has 8 aromatic carbocycles. The number of rotatable bonds is 29. The van der Waals surface area contributed by atoms with E-state index in [-0.39, 0.29) is 126 Å². The van der Waals surface area contributed by atoms with Gasteiger partial charge in [-0.3, -0.25) is 41.7 Å². The summed E-state index contributed by atoms with van der Waals surface area (Å²) in [6.45, 7) is 25.7. The van der Waals surface area contributed by atoms with Crippen molar-refractivity contribution in [1.82, 2.24) is 13.6 Å². The second kappa shape index (κ2) is 57.2. The molecule has 1 aliphatic heterocycles. The number of esters is 1. The van der Waals surface area contributed by atoms with Gasteiger partial charge in [-0.25, -0.2) is 66.6 Å². The maximum absolute atomic E-state index is 13.6. The predicted octanol–water partition coefficient (Wildman–Crippen LogP) is 13.5. The van der Waals surface area contributed by atoms with Crippen molar-refractivity contribution in [2.75, 3.05) is 54.1 Å². The third kappa shape index (κ3) is 42.4. The van der Waals surface area contributed by atoms with Crippen LogP contribution < -0.4 is 75.3 Å². The molecule has 146 heavy (non-hydrogen) atoms. The summed E-state index contributed by atoms with van der Waals surface area (Å²) in [5.41, 5.74) is 3.63. The van der Waals surface area contributed by atoms with Crippen molar-refractivity contribution < 1.29 is 179 Å². The molecule has 2 heterocycles. The van der Waals surface area contributed by atoms with Crippen molar-refractivity contribution >= 4 is 196 Å². The average molecular weight is 2490 g/mol. The smallest absolute Gasteiger partial charge is 0.772 e. The fourth-order valence-electron chi connectivity index (χ4n) is 11.9. The number of carbonyl (C=O) groups is 7. The van der Waals surface area contributed by atoms with Gasteiger partial charge < -0.3 is 51.6 Å². The first-order chi connectivity index (χ1) is 66.7. The van der Waals surface area contributed by atoms with Gasteiger partial charge in [0.2, 0.25) is 35.6 Å². The predicted molar refractivity (Wildman–Crippen MR) is 556 cm³/mol. The topological polar surface area (TPSA) is 515 Å². The number of ketones is 4. The van der Waals surface area contributed by atoms with Crippen LogP contribution in [0.15, 0.2) is 181 Å². The fraction of sp³-hybridized carbons (Fsp3) is 0.362. The minimum Gasteiger partial charge on any atom is -0.772 e. The number of amides is 2. The Morgan fingerprint density at radius 3 is 1.17 bits per heavy atom. The fourth-order valence-corrected chi connectivity index (χ4v) is 18.8. The first-order valence-electron chi connectivity index (χ1n) is 42.3. The Kier molecular flexibility index (Phi) is 51.6. The minimum absolute atomic E-state index is 0. The maximum atomic E-state index is 13.6. The first-order valence-corrected chi connectivity index (χ1v) is 55.5. The largest absolute Gasteiger partial charge is 1.00 e. The summed E-state index contributed by atoms with van der Waals surface area (Å²) in [7, 11) is -8.28. The standard InChI is InChI=1S/C21H23BrFNO6S.C20H21BrFNO6S.C19H32BNO4S.C15H11Br2FO2.C15H13BrFNO4S.C4H8O4S.H3NO4S.Na/c1-21(2,3)30-20(26)24(4)31(27,28)12-13-6-8-15(16(22)10-13)19(25)14-7-9-17(23)18(11-14)29-5;1-20(2,3)29-19(25)23-30(26,27)11-12-5-7-14(15(21)9-12)18(24)13-6-8-16(22)17(10-13)28-4;1-13(12-26(23)17(2,3)4)14-10-16(22)21(9)11-15(14)20-24-18(5,6)19(7,8)25-20;1-20-14-7-10(3-5-13(14)18)15(19)11-4-2-9(8-16)6-12(11)17;1-22-14-7-10(3-5-13(14)17)15(19)11-4-2-9(6-12(11)16)8-23(18,20)21;1-8-4(5)2-3-9(6)7;1-5-6(2,3)4;/h6-11H,12H2,1-5H3;5-10H,11H2,1-4H3,(H,23,25);10-11,13H,12H2,1-9H3;2-7H,8H2,1H3;2-7H,8H2,1H3,(H2,18,20,21);2-3H2,1H3,(H,6,7);1H2,(H,2,3,4);/q;;;;;;;+1/p-1/t;;13-,26-;;;;;/m..1...../s1. The molecule has 9 aromatic rings. The Balaban J connectivity index is 0.000000454. The van der Waals surface area contributed by atoms with Crippen LogP contribution in [0.4, 0.5) is 27.2 Å². The van der Waals surface area contributed by atoms with Crippen LogP contribution >= 0.6 is 79.6 Å². The Bertz CT molecular complexity index is 6810. The molecule has 794 valence electrons. The van der Waals surface area contributed by atoms with Gasteiger partial charge in [-0.05, 0) is 245 Å². The molecule has 1 aliphatic rings. The molecule has 0 bridgehead atoms. The van der Waals surface area contributed by atoms with Crippen LogP contribution in [0.3, 0.4) is 0 Å². The zero-order valence-corrected chi connectivity index (χ0v) is 98.1. The quantitative estimate of drug-likeness (QED) is 0.00389. The molecular weight excluding hydrogens is 2380 g/mol. The van der Waals surface area contributed by atoms with E-state index in [4.69, 9.17) is 47.4 Å². The summed E-state index contributed by atoms with van der Waals surface area (Å²) >= 11 is 14.4. The van der Waals surface area contributed by atoms with Gasteiger partial charge in [-0.1, -0.05) is 122 Å². The minimum atomic E-state index is -4.38. The van der Waals surface area contributed by atoms with Gasteiger partial charge in [0.1, 0.15) is 11.2 Å². The first kappa shape index (κ1) is 132. The van der Waals surface area contributed by atoms with E-state index >= 15 is 0 Å². The number of halogens is 9. The van der Waals surface area contributed by atoms with Crippen molar-refractivity contribution in [1.29, 1.82) is 0 Å². The van der Waals surface area contributed by atoms with Crippen molar-refractivity contribution in [2.24, 2.45) is 18.1 Å². The number of nitrogens with zero attached hydrogens (tertiary/aromatic N) is 2. The number of hydrogen-bond acceptors (Lipinski definition) is 30. The molecular formula is C94H110BBr5F4N5NaO30S6. The molecule has 0 spiro atoms. The van der Waals surface area contributed by atoms with Gasteiger partial charge in [-0.2, -0.15) is 18.6 Å². The molecule has 3 atom stereocenters. The molecule has 0 aliphatic carbocycles. The van der Waals surface area contributed by atoms with Crippen LogP contribution in [0.5, 0.6) is 23.0 Å². The molecule has 52 heteroatoms. The molecule has 2 amide bonds. The van der Waals surface area contributed by atoms with E-state index in [0.717, 1.165) is 41.8 Å². The van der Waals surface area contributed by atoms with Gasteiger partial charge in [0.25, 0.3) is 0 Å². The number of aromatic nitrogens is 1. The van der Waals surface area contributed by atoms with Crippen LogP contribution in [0.2, 0.25) is 0 Å². The van der Waals surface area contributed by atoms with Crippen molar-refractivity contribution in [3.63, 3.8) is 0 Å². The molecule has 0 radical (unpaired) electrons. The number of hydrogen-bond donors (Lipinski definition) is 4. The van der Waals surface area contributed by atoms with Gasteiger partial charge in [-0.15, -0.1) is 0 Å². The molecule has 35 nitrogen and oxygen atoms in total. The zero-order chi connectivity index (χ0) is 111. The van der Waals surface area contributed by atoms with E-state index in [1.807, 2.05) is 72.2 Å². The van der Waals surface area contributed by atoms with E-state index in [9.17, 15) is 103 Å². The van der Waals surface area contributed by atoms with Crippen LogP contribution in [-0.4, -0.2) is 190 Å².